The summed E-state index contributed by atoms with van der Waals surface area (Å²) in [6, 6.07) is 6.55. The smallest absolute Gasteiger partial charge is 0.253 e. The highest BCUT2D eigenvalue weighted by Gasteiger charge is 2.16. The summed E-state index contributed by atoms with van der Waals surface area (Å²) in [5.41, 5.74) is 3.91. The fourth-order valence-electron chi connectivity index (χ4n) is 4.02. The zero-order valence-electron chi connectivity index (χ0n) is 19.3. The van der Waals surface area contributed by atoms with E-state index in [-0.39, 0.29) is 5.56 Å². The Morgan fingerprint density at radius 1 is 1.29 bits per heavy atom. The van der Waals surface area contributed by atoms with Crippen LogP contribution in [0.25, 0.3) is 10.9 Å². The maximum Gasteiger partial charge on any atom is 0.253 e. The molecule has 2 heterocycles. The highest BCUT2D eigenvalue weighted by molar-refractivity contribution is 7.80. The van der Waals surface area contributed by atoms with E-state index in [0.717, 1.165) is 79.4 Å². The molecule has 0 amide bonds. The zero-order valence-corrected chi connectivity index (χ0v) is 20.1. The Bertz CT molecular complexity index is 952. The Hall–Kier alpha value is -1.96. The number of benzene rings is 1. The van der Waals surface area contributed by atoms with E-state index in [1.807, 2.05) is 13.0 Å². The number of H-pyrrole nitrogens is 1. The fourth-order valence-corrected chi connectivity index (χ4v) is 4.38. The van der Waals surface area contributed by atoms with Crippen molar-refractivity contribution in [1.82, 2.24) is 20.1 Å². The third-order valence-corrected chi connectivity index (χ3v) is 6.38. The number of rotatable bonds is 8. The van der Waals surface area contributed by atoms with E-state index >= 15 is 0 Å². The van der Waals surface area contributed by atoms with Gasteiger partial charge in [-0.2, -0.15) is 0 Å². The van der Waals surface area contributed by atoms with Gasteiger partial charge in [0.1, 0.15) is 0 Å². The molecule has 31 heavy (non-hydrogen) atoms. The van der Waals surface area contributed by atoms with Gasteiger partial charge >= 0.3 is 0 Å². The van der Waals surface area contributed by atoms with Gasteiger partial charge in [0, 0.05) is 37.8 Å². The van der Waals surface area contributed by atoms with Gasteiger partial charge in [0.05, 0.1) is 25.3 Å². The second-order valence-corrected chi connectivity index (χ2v) is 9.04. The number of hydrogen-bond acceptors (Lipinski definition) is 4. The first-order valence-corrected chi connectivity index (χ1v) is 11.8. The minimum Gasteiger partial charge on any atom is -0.379 e. The Morgan fingerprint density at radius 2 is 2.03 bits per heavy atom. The molecule has 1 aromatic carbocycles. The Kier molecular flexibility index (Phi) is 8.46. The lowest BCUT2D eigenvalue weighted by Gasteiger charge is -2.30. The third kappa shape index (κ3) is 6.51. The van der Waals surface area contributed by atoms with E-state index in [1.165, 1.54) is 5.56 Å². The number of aryl methyl sites for hydroxylation is 2. The molecule has 7 heteroatoms. The number of pyridine rings is 1. The summed E-state index contributed by atoms with van der Waals surface area (Å²) in [5.74, 6) is 0. The SMILES string of the molecule is CCC(C)NC(=S)N(CCCN1CCOCC1)Cc1cc2cc(C)cc(C)c2[nH]c1=O. The van der Waals surface area contributed by atoms with Crippen molar-refractivity contribution in [3.63, 3.8) is 0 Å². The molecule has 2 N–H and O–H groups in total. The molecule has 0 bridgehead atoms. The van der Waals surface area contributed by atoms with Crippen LogP contribution in [-0.2, 0) is 11.3 Å². The van der Waals surface area contributed by atoms with Crippen molar-refractivity contribution in [1.29, 1.82) is 0 Å². The van der Waals surface area contributed by atoms with Crippen molar-refractivity contribution in [2.24, 2.45) is 0 Å². The van der Waals surface area contributed by atoms with Gasteiger partial charge in [0.15, 0.2) is 5.11 Å². The van der Waals surface area contributed by atoms with Crippen LogP contribution in [0.5, 0.6) is 0 Å². The molecule has 3 rings (SSSR count). The number of aromatic nitrogens is 1. The number of aromatic amines is 1. The van der Waals surface area contributed by atoms with Crippen LogP contribution in [0.3, 0.4) is 0 Å². The van der Waals surface area contributed by atoms with Crippen LogP contribution in [0.1, 0.15) is 43.4 Å². The van der Waals surface area contributed by atoms with Gasteiger partial charge in [-0.15, -0.1) is 0 Å². The molecule has 1 aromatic heterocycles. The number of nitrogens with one attached hydrogen (secondary N) is 2. The Balaban J connectivity index is 1.77. The van der Waals surface area contributed by atoms with Gasteiger partial charge in [-0.25, -0.2) is 0 Å². The minimum absolute atomic E-state index is 0.0380. The first-order chi connectivity index (χ1) is 14.9. The lowest BCUT2D eigenvalue weighted by molar-refractivity contribution is 0.0367. The Morgan fingerprint density at radius 3 is 2.74 bits per heavy atom. The van der Waals surface area contributed by atoms with Gasteiger partial charge in [0.25, 0.3) is 5.56 Å². The maximum atomic E-state index is 12.9. The van der Waals surface area contributed by atoms with Crippen molar-refractivity contribution in [3.8, 4) is 0 Å². The van der Waals surface area contributed by atoms with Crippen molar-refractivity contribution in [2.45, 2.75) is 53.1 Å². The van der Waals surface area contributed by atoms with E-state index in [9.17, 15) is 4.79 Å². The standard InChI is InChI=1S/C24H36N4O2S/c1-5-19(4)25-24(31)28(8-6-7-27-9-11-30-12-10-27)16-21-15-20-14-17(2)13-18(3)22(20)26-23(21)29/h13-15,19H,5-12,16H2,1-4H3,(H,25,31)(H,26,29). The lowest BCUT2D eigenvalue weighted by Crippen LogP contribution is -2.45. The van der Waals surface area contributed by atoms with Gasteiger partial charge in [-0.1, -0.05) is 18.6 Å². The number of thiocarbonyl (C=S) groups is 1. The molecule has 0 radical (unpaired) electrons. The summed E-state index contributed by atoms with van der Waals surface area (Å²) < 4.78 is 5.44. The average molecular weight is 445 g/mol. The van der Waals surface area contributed by atoms with Crippen LogP contribution in [-0.4, -0.2) is 65.3 Å². The molecule has 0 saturated carbocycles. The summed E-state index contributed by atoms with van der Waals surface area (Å²) in [6.45, 7) is 14.3. The van der Waals surface area contributed by atoms with Gasteiger partial charge in [-0.05, 0) is 68.9 Å². The number of fused-ring (bicyclic) bond motifs is 1. The summed E-state index contributed by atoms with van der Waals surface area (Å²) >= 11 is 5.74. The van der Waals surface area contributed by atoms with Crippen molar-refractivity contribution >= 4 is 28.2 Å². The minimum atomic E-state index is -0.0380. The topological polar surface area (TPSA) is 60.6 Å². The number of morpholine rings is 1. The molecule has 6 nitrogen and oxygen atoms in total. The molecule has 0 spiro atoms. The second-order valence-electron chi connectivity index (χ2n) is 8.66. The number of nitrogens with zero attached hydrogens (tertiary/aromatic N) is 2. The monoisotopic (exact) mass is 444 g/mol. The third-order valence-electron chi connectivity index (χ3n) is 6.01. The molecule has 170 valence electrons. The van der Waals surface area contributed by atoms with Gasteiger partial charge in [0.2, 0.25) is 0 Å². The Labute approximate surface area is 191 Å². The molecule has 1 aliphatic heterocycles. The quantitative estimate of drug-likeness (QED) is 0.609. The van der Waals surface area contributed by atoms with E-state index in [0.29, 0.717) is 12.6 Å². The molecular formula is C24H36N4O2S. The fraction of sp³-hybridized carbons (Fsp3) is 0.583. The van der Waals surface area contributed by atoms with Gasteiger partial charge in [-0.3, -0.25) is 9.69 Å². The molecule has 0 aliphatic carbocycles. The molecule has 2 aromatic rings. The van der Waals surface area contributed by atoms with E-state index in [4.69, 9.17) is 17.0 Å². The van der Waals surface area contributed by atoms with E-state index in [2.05, 4.69) is 53.0 Å². The average Bonchev–Trinajstić information content (AvgIpc) is 2.74. The van der Waals surface area contributed by atoms with E-state index < -0.39 is 0 Å². The molecule has 1 saturated heterocycles. The van der Waals surface area contributed by atoms with Crippen LogP contribution in [0.4, 0.5) is 0 Å². The largest absolute Gasteiger partial charge is 0.379 e. The highest BCUT2D eigenvalue weighted by atomic mass is 32.1. The van der Waals surface area contributed by atoms with Crippen LogP contribution in [0.15, 0.2) is 23.0 Å². The van der Waals surface area contributed by atoms with Crippen LogP contribution >= 0.6 is 12.2 Å². The summed E-state index contributed by atoms with van der Waals surface area (Å²) in [4.78, 5) is 20.5. The van der Waals surface area contributed by atoms with Crippen LogP contribution in [0, 0.1) is 13.8 Å². The van der Waals surface area contributed by atoms with Crippen molar-refractivity contribution in [2.75, 3.05) is 39.4 Å². The summed E-state index contributed by atoms with van der Waals surface area (Å²) in [5, 5.41) is 5.21. The molecular weight excluding hydrogens is 408 g/mol. The highest BCUT2D eigenvalue weighted by Crippen LogP contribution is 2.18. The van der Waals surface area contributed by atoms with Crippen molar-refractivity contribution < 1.29 is 4.74 Å². The summed E-state index contributed by atoms with van der Waals surface area (Å²) in [7, 11) is 0. The van der Waals surface area contributed by atoms with Crippen molar-refractivity contribution in [3.05, 3.63) is 45.2 Å². The molecule has 1 aliphatic rings. The normalized spacial score (nSPS) is 15.7. The number of ether oxygens (including phenoxy) is 1. The zero-order chi connectivity index (χ0) is 22.4. The second kappa shape index (κ2) is 11.1. The number of hydrogen-bond donors (Lipinski definition) is 2. The summed E-state index contributed by atoms with van der Waals surface area (Å²) in [6.07, 6.45) is 1.99. The predicted octanol–water partition coefficient (Wildman–Crippen LogP) is 3.34. The van der Waals surface area contributed by atoms with E-state index in [1.54, 1.807) is 0 Å². The van der Waals surface area contributed by atoms with Crippen LogP contribution < -0.4 is 10.9 Å². The molecule has 1 atom stereocenters. The van der Waals surface area contributed by atoms with Crippen LogP contribution in [0.2, 0.25) is 0 Å². The van der Waals surface area contributed by atoms with Gasteiger partial charge < -0.3 is 19.9 Å². The lowest BCUT2D eigenvalue weighted by atomic mass is 10.1. The molecule has 1 unspecified atom stereocenters. The first kappa shape index (κ1) is 23.7. The first-order valence-electron chi connectivity index (χ1n) is 11.4. The molecule has 1 fully saturated rings. The maximum absolute atomic E-state index is 12.9. The predicted molar refractivity (Wildman–Crippen MR) is 132 cm³/mol.